The molecule has 0 radical (unpaired) electrons. The molecule has 19 heavy (non-hydrogen) atoms. The highest BCUT2D eigenvalue weighted by Gasteiger charge is 2.45. The van der Waals surface area contributed by atoms with Crippen molar-refractivity contribution in [2.24, 2.45) is 0 Å². The largest absolute Gasteiger partial charge is 0.304 e. The second-order valence-corrected chi connectivity index (χ2v) is 5.48. The zero-order valence-electron chi connectivity index (χ0n) is 12.0. The van der Waals surface area contributed by atoms with Gasteiger partial charge in [0.1, 0.15) is 0 Å². The van der Waals surface area contributed by atoms with Gasteiger partial charge in [-0.25, -0.2) is 0 Å². The highest BCUT2D eigenvalue weighted by molar-refractivity contribution is 6.06. The smallest absolute Gasteiger partial charge is 0.247 e. The maximum atomic E-state index is 12.1. The van der Waals surface area contributed by atoms with Crippen LogP contribution in [-0.2, 0) is 9.59 Å². The number of rotatable bonds is 8. The van der Waals surface area contributed by atoms with Gasteiger partial charge in [0.2, 0.25) is 11.8 Å². The Morgan fingerprint density at radius 1 is 1.26 bits per heavy atom. The van der Waals surface area contributed by atoms with Gasteiger partial charge in [0.15, 0.2) is 0 Å². The number of carbonyl (C=O) groups excluding carboxylic acids is 2. The molecule has 2 amide bonds. The van der Waals surface area contributed by atoms with E-state index in [0.29, 0.717) is 6.42 Å². The molecule has 2 fully saturated rings. The van der Waals surface area contributed by atoms with E-state index in [1.54, 1.807) is 0 Å². The summed E-state index contributed by atoms with van der Waals surface area (Å²) < 4.78 is 0. The molecule has 1 saturated heterocycles. The molecule has 1 unspecified atom stereocenters. The van der Waals surface area contributed by atoms with Crippen LogP contribution in [-0.4, -0.2) is 59.9 Å². The number of hydrogen-bond acceptors (Lipinski definition) is 4. The van der Waals surface area contributed by atoms with Crippen LogP contribution >= 0.6 is 0 Å². The van der Waals surface area contributed by atoms with Crippen molar-refractivity contribution in [3.05, 3.63) is 0 Å². The molecule has 2 rings (SSSR count). The van der Waals surface area contributed by atoms with Gasteiger partial charge in [-0.05, 0) is 32.4 Å². The Labute approximate surface area is 115 Å². The number of nitrogens with zero attached hydrogens (tertiary/aromatic N) is 2. The molecule has 1 atom stereocenters. The molecule has 1 aliphatic heterocycles. The summed E-state index contributed by atoms with van der Waals surface area (Å²) in [4.78, 5) is 27.7. The summed E-state index contributed by atoms with van der Waals surface area (Å²) in [6.45, 7) is 8.14. The molecule has 5 nitrogen and oxygen atoms in total. The molecule has 1 aliphatic carbocycles. The van der Waals surface area contributed by atoms with Gasteiger partial charge in [-0.3, -0.25) is 14.5 Å². The highest BCUT2D eigenvalue weighted by atomic mass is 16.2. The molecule has 1 N–H and O–H groups in total. The van der Waals surface area contributed by atoms with E-state index in [4.69, 9.17) is 0 Å². The summed E-state index contributed by atoms with van der Waals surface area (Å²) in [6.07, 6.45) is 3.47. The fraction of sp³-hybridized carbons (Fsp3) is 0.857. The van der Waals surface area contributed by atoms with Crippen LogP contribution in [0.4, 0.5) is 0 Å². The number of carbonyl (C=O) groups is 2. The maximum Gasteiger partial charge on any atom is 0.247 e. The van der Waals surface area contributed by atoms with E-state index < -0.39 is 0 Å². The fourth-order valence-electron chi connectivity index (χ4n) is 2.67. The van der Waals surface area contributed by atoms with Crippen molar-refractivity contribution in [1.82, 2.24) is 15.1 Å². The van der Waals surface area contributed by atoms with E-state index in [1.807, 2.05) is 0 Å². The Kier molecular flexibility index (Phi) is 4.93. The minimum Gasteiger partial charge on any atom is -0.304 e. The molecular formula is C14H25N3O2. The number of likely N-dealkylation sites (N-methyl/N-ethyl adjacent to an activating group) is 1. The lowest BCUT2D eigenvalue weighted by atomic mass is 10.2. The van der Waals surface area contributed by atoms with Crippen molar-refractivity contribution in [1.29, 1.82) is 0 Å². The van der Waals surface area contributed by atoms with Gasteiger partial charge >= 0.3 is 0 Å². The predicted molar refractivity (Wildman–Crippen MR) is 73.7 cm³/mol. The Hall–Kier alpha value is -0.940. The normalized spacial score (nSPS) is 23.7. The topological polar surface area (TPSA) is 52.7 Å². The van der Waals surface area contributed by atoms with Crippen LogP contribution in [0.5, 0.6) is 0 Å². The molecule has 2 aliphatic rings. The highest BCUT2D eigenvalue weighted by Crippen LogP contribution is 2.31. The van der Waals surface area contributed by atoms with Crippen molar-refractivity contribution >= 4 is 11.8 Å². The zero-order valence-corrected chi connectivity index (χ0v) is 12.0. The maximum absolute atomic E-state index is 12.1. The quantitative estimate of drug-likeness (QED) is 0.654. The van der Waals surface area contributed by atoms with Crippen molar-refractivity contribution in [2.75, 3.05) is 26.2 Å². The summed E-state index contributed by atoms with van der Waals surface area (Å²) >= 11 is 0. The minimum absolute atomic E-state index is 0.00547. The third-order valence-electron chi connectivity index (χ3n) is 3.90. The number of nitrogens with one attached hydrogen (secondary N) is 1. The van der Waals surface area contributed by atoms with Gasteiger partial charge in [0.25, 0.3) is 0 Å². The molecule has 1 saturated carbocycles. The Morgan fingerprint density at radius 3 is 2.58 bits per heavy atom. The van der Waals surface area contributed by atoms with Gasteiger partial charge in [-0.1, -0.05) is 13.8 Å². The lowest BCUT2D eigenvalue weighted by molar-refractivity contribution is -0.139. The number of hydrogen-bond donors (Lipinski definition) is 1. The van der Waals surface area contributed by atoms with Gasteiger partial charge in [-0.15, -0.1) is 0 Å². The molecule has 5 heteroatoms. The number of amides is 2. The SMILES string of the molecule is CCCN(CC)CCNC1CC(=O)N(C2CC2)C1=O. The first kappa shape index (κ1) is 14.5. The Morgan fingerprint density at radius 2 is 2.00 bits per heavy atom. The minimum atomic E-state index is -0.284. The van der Waals surface area contributed by atoms with Crippen molar-refractivity contribution < 1.29 is 9.59 Å². The van der Waals surface area contributed by atoms with Crippen LogP contribution < -0.4 is 5.32 Å². The summed E-state index contributed by atoms with van der Waals surface area (Å²) in [7, 11) is 0. The monoisotopic (exact) mass is 267 g/mol. The number of likely N-dealkylation sites (tertiary alicyclic amines) is 1. The van der Waals surface area contributed by atoms with Gasteiger partial charge in [-0.2, -0.15) is 0 Å². The van der Waals surface area contributed by atoms with E-state index in [-0.39, 0.29) is 23.9 Å². The summed E-state index contributed by atoms with van der Waals surface area (Å²) in [5.41, 5.74) is 0. The van der Waals surface area contributed by atoms with Crippen molar-refractivity contribution in [3.63, 3.8) is 0 Å². The molecular weight excluding hydrogens is 242 g/mol. The first-order valence-electron chi connectivity index (χ1n) is 7.49. The zero-order chi connectivity index (χ0) is 13.8. The average Bonchev–Trinajstić information content (AvgIpc) is 3.17. The second-order valence-electron chi connectivity index (χ2n) is 5.48. The fourth-order valence-corrected chi connectivity index (χ4v) is 2.67. The van der Waals surface area contributed by atoms with Gasteiger partial charge in [0.05, 0.1) is 12.5 Å². The summed E-state index contributed by atoms with van der Waals surface area (Å²) in [5.74, 6) is -0.00283. The van der Waals surface area contributed by atoms with E-state index in [9.17, 15) is 9.59 Å². The molecule has 1 heterocycles. The van der Waals surface area contributed by atoms with Crippen LogP contribution in [0.1, 0.15) is 39.5 Å². The second kappa shape index (κ2) is 6.48. The van der Waals surface area contributed by atoms with Gasteiger partial charge in [0, 0.05) is 19.1 Å². The van der Waals surface area contributed by atoms with Gasteiger partial charge < -0.3 is 10.2 Å². The standard InChI is InChI=1S/C14H25N3O2/c1-3-8-16(4-2)9-7-15-12-10-13(18)17(14(12)19)11-5-6-11/h11-12,15H,3-10H2,1-2H3. The molecule has 0 aromatic rings. The van der Waals surface area contributed by atoms with E-state index in [1.165, 1.54) is 4.90 Å². The summed E-state index contributed by atoms with van der Waals surface area (Å²) in [6, 6.07) is -0.0764. The first-order chi connectivity index (χ1) is 9.17. The lowest BCUT2D eigenvalue weighted by Crippen LogP contribution is -2.42. The van der Waals surface area contributed by atoms with E-state index in [2.05, 4.69) is 24.1 Å². The molecule has 0 spiro atoms. The Balaban J connectivity index is 1.74. The molecule has 0 aromatic heterocycles. The summed E-state index contributed by atoms with van der Waals surface area (Å²) in [5, 5.41) is 3.24. The van der Waals surface area contributed by atoms with E-state index >= 15 is 0 Å². The van der Waals surface area contributed by atoms with Crippen LogP contribution in [0.2, 0.25) is 0 Å². The molecule has 0 aromatic carbocycles. The van der Waals surface area contributed by atoms with Crippen LogP contribution in [0.3, 0.4) is 0 Å². The Bertz CT molecular complexity index is 342. The molecule has 108 valence electrons. The predicted octanol–water partition coefficient (Wildman–Crippen LogP) is 0.598. The number of imide groups is 1. The van der Waals surface area contributed by atoms with Crippen molar-refractivity contribution in [2.45, 2.75) is 51.6 Å². The van der Waals surface area contributed by atoms with Crippen LogP contribution in [0, 0.1) is 0 Å². The van der Waals surface area contributed by atoms with Crippen LogP contribution in [0.15, 0.2) is 0 Å². The molecule has 0 bridgehead atoms. The van der Waals surface area contributed by atoms with Crippen molar-refractivity contribution in [3.8, 4) is 0 Å². The average molecular weight is 267 g/mol. The first-order valence-corrected chi connectivity index (χ1v) is 7.49. The third-order valence-corrected chi connectivity index (χ3v) is 3.90. The lowest BCUT2D eigenvalue weighted by Gasteiger charge is -2.20. The van der Waals surface area contributed by atoms with E-state index in [0.717, 1.165) is 45.4 Å². The third kappa shape index (κ3) is 3.54. The van der Waals surface area contributed by atoms with Crippen LogP contribution in [0.25, 0.3) is 0 Å².